The van der Waals surface area contributed by atoms with Crippen molar-refractivity contribution in [2.45, 2.75) is 32.4 Å². The molecule has 2 rings (SSSR count). The molecule has 0 spiro atoms. The summed E-state index contributed by atoms with van der Waals surface area (Å²) in [6.45, 7) is 6.66. The number of ether oxygens (including phenoxy) is 1. The molecule has 1 aliphatic heterocycles. The molecule has 1 atom stereocenters. The number of carboxylic acids is 1. The van der Waals surface area contributed by atoms with Gasteiger partial charge in [0, 0.05) is 12.7 Å². The van der Waals surface area contributed by atoms with E-state index in [1.807, 2.05) is 20.8 Å². The van der Waals surface area contributed by atoms with Gasteiger partial charge >= 0.3 is 5.97 Å². The van der Waals surface area contributed by atoms with Crippen LogP contribution in [0.3, 0.4) is 0 Å². The maximum atomic E-state index is 12.3. The van der Waals surface area contributed by atoms with E-state index in [4.69, 9.17) is 9.84 Å². The second kappa shape index (κ2) is 5.24. The highest BCUT2D eigenvalue weighted by Crippen LogP contribution is 2.15. The van der Waals surface area contributed by atoms with Crippen molar-refractivity contribution in [3.8, 4) is 0 Å². The van der Waals surface area contributed by atoms with Crippen molar-refractivity contribution >= 4 is 11.9 Å². The van der Waals surface area contributed by atoms with Crippen LogP contribution >= 0.6 is 0 Å². The first-order chi connectivity index (χ1) is 9.29. The monoisotopic (exact) mass is 281 g/mol. The Labute approximate surface area is 117 Å². The first-order valence-electron chi connectivity index (χ1n) is 6.48. The topological polar surface area (TPSA) is 84.7 Å². The minimum absolute atomic E-state index is 0.0643. The summed E-state index contributed by atoms with van der Waals surface area (Å²) in [5, 5.41) is 13.1. The molecular formula is C13H19N3O4. The lowest BCUT2D eigenvalue weighted by molar-refractivity contribution is -0.154. The van der Waals surface area contributed by atoms with Gasteiger partial charge in [0.15, 0.2) is 6.10 Å². The van der Waals surface area contributed by atoms with Gasteiger partial charge in [-0.25, -0.2) is 4.79 Å². The zero-order valence-electron chi connectivity index (χ0n) is 11.9. The molecule has 1 amide bonds. The van der Waals surface area contributed by atoms with Crippen LogP contribution in [0.1, 0.15) is 31.1 Å². The fraction of sp³-hybridized carbons (Fsp3) is 0.615. The third-order valence-electron chi connectivity index (χ3n) is 3.15. The molecule has 1 aliphatic rings. The first-order valence-corrected chi connectivity index (χ1v) is 6.48. The van der Waals surface area contributed by atoms with Crippen molar-refractivity contribution in [3.63, 3.8) is 0 Å². The summed E-state index contributed by atoms with van der Waals surface area (Å²) in [5.74, 6) is -1.26. The highest BCUT2D eigenvalue weighted by atomic mass is 16.5. The Kier molecular flexibility index (Phi) is 3.80. The number of carboxylic acid groups (broad SMARTS) is 1. The van der Waals surface area contributed by atoms with Gasteiger partial charge in [-0.05, 0) is 20.8 Å². The Morgan fingerprint density at radius 3 is 2.70 bits per heavy atom. The third kappa shape index (κ3) is 2.98. The minimum Gasteiger partial charge on any atom is -0.479 e. The Hall–Kier alpha value is -1.89. The second-order valence-corrected chi connectivity index (χ2v) is 5.79. The lowest BCUT2D eigenvalue weighted by atomic mass is 10.1. The molecule has 1 unspecified atom stereocenters. The summed E-state index contributed by atoms with van der Waals surface area (Å²) >= 11 is 0. The molecule has 110 valence electrons. The van der Waals surface area contributed by atoms with Crippen LogP contribution in [0, 0.1) is 0 Å². The molecule has 0 saturated carbocycles. The fourth-order valence-electron chi connectivity index (χ4n) is 1.97. The standard InChI is InChI=1S/C13H19N3O4/c1-13(2,3)16-7-9(6-14-16)11(17)15-4-5-20-10(8-15)12(18)19/h6-7,10H,4-5,8H2,1-3H3,(H,18,19). The average molecular weight is 281 g/mol. The van der Waals surface area contributed by atoms with Gasteiger partial charge in [-0.3, -0.25) is 9.48 Å². The Balaban J connectivity index is 2.11. The first kappa shape index (κ1) is 14.5. The highest BCUT2D eigenvalue weighted by Gasteiger charge is 2.30. The van der Waals surface area contributed by atoms with Crippen molar-refractivity contribution in [2.24, 2.45) is 0 Å². The van der Waals surface area contributed by atoms with Crippen LogP contribution in [0.4, 0.5) is 0 Å². The lowest BCUT2D eigenvalue weighted by Gasteiger charge is -2.30. The van der Waals surface area contributed by atoms with E-state index in [1.165, 1.54) is 11.1 Å². The summed E-state index contributed by atoms with van der Waals surface area (Å²) in [6.07, 6.45) is 2.25. The molecule has 0 radical (unpaired) electrons. The summed E-state index contributed by atoms with van der Waals surface area (Å²) in [6, 6.07) is 0. The molecule has 20 heavy (non-hydrogen) atoms. The van der Waals surface area contributed by atoms with Crippen LogP contribution < -0.4 is 0 Å². The zero-order valence-corrected chi connectivity index (χ0v) is 11.9. The summed E-state index contributed by atoms with van der Waals surface area (Å²) < 4.78 is 6.82. The van der Waals surface area contributed by atoms with Gasteiger partial charge in [0.2, 0.25) is 0 Å². The maximum Gasteiger partial charge on any atom is 0.334 e. The van der Waals surface area contributed by atoms with Gasteiger partial charge in [-0.2, -0.15) is 5.10 Å². The largest absolute Gasteiger partial charge is 0.479 e. The maximum absolute atomic E-state index is 12.3. The molecular weight excluding hydrogens is 262 g/mol. The Morgan fingerprint density at radius 1 is 1.45 bits per heavy atom. The summed E-state index contributed by atoms with van der Waals surface area (Å²) in [7, 11) is 0. The smallest absolute Gasteiger partial charge is 0.334 e. The number of hydrogen-bond acceptors (Lipinski definition) is 4. The van der Waals surface area contributed by atoms with Crippen molar-refractivity contribution < 1.29 is 19.4 Å². The highest BCUT2D eigenvalue weighted by molar-refractivity contribution is 5.94. The van der Waals surface area contributed by atoms with Gasteiger partial charge in [0.05, 0.1) is 30.5 Å². The van der Waals surface area contributed by atoms with Crippen molar-refractivity contribution in [3.05, 3.63) is 18.0 Å². The van der Waals surface area contributed by atoms with Crippen molar-refractivity contribution in [2.75, 3.05) is 19.7 Å². The second-order valence-electron chi connectivity index (χ2n) is 5.79. The molecule has 7 heteroatoms. The molecule has 0 bridgehead atoms. The lowest BCUT2D eigenvalue weighted by Crippen LogP contribution is -2.48. The van der Waals surface area contributed by atoms with E-state index in [9.17, 15) is 9.59 Å². The molecule has 7 nitrogen and oxygen atoms in total. The summed E-state index contributed by atoms with van der Waals surface area (Å²) in [5.41, 5.74) is 0.263. The van der Waals surface area contributed by atoms with Gasteiger partial charge < -0.3 is 14.7 Å². The number of hydrogen-bond donors (Lipinski definition) is 1. The fourth-order valence-corrected chi connectivity index (χ4v) is 1.97. The number of morpholine rings is 1. The molecule has 1 aromatic heterocycles. The predicted octanol–water partition coefficient (Wildman–Crippen LogP) is 0.564. The molecule has 0 aromatic carbocycles. The normalized spacial score (nSPS) is 19.9. The van der Waals surface area contributed by atoms with Crippen molar-refractivity contribution in [1.82, 2.24) is 14.7 Å². The van der Waals surface area contributed by atoms with Crippen LogP contribution in [-0.2, 0) is 15.1 Å². The van der Waals surface area contributed by atoms with E-state index in [0.29, 0.717) is 12.1 Å². The number of amides is 1. The van der Waals surface area contributed by atoms with Crippen LogP contribution in [0.25, 0.3) is 0 Å². The number of carbonyl (C=O) groups is 2. The number of aliphatic carboxylic acids is 1. The molecule has 0 aliphatic carbocycles. The number of aromatic nitrogens is 2. The van der Waals surface area contributed by atoms with Crippen LogP contribution in [0.15, 0.2) is 12.4 Å². The SMILES string of the molecule is CC(C)(C)n1cc(C(=O)N2CCOC(C(=O)O)C2)cn1. The van der Waals surface area contributed by atoms with E-state index in [1.54, 1.807) is 10.9 Å². The molecule has 2 heterocycles. The molecule has 1 saturated heterocycles. The quantitative estimate of drug-likeness (QED) is 0.856. The Bertz CT molecular complexity index is 518. The van der Waals surface area contributed by atoms with Gasteiger partial charge in [0.25, 0.3) is 5.91 Å². The molecule has 1 fully saturated rings. The van der Waals surface area contributed by atoms with Crippen molar-refractivity contribution in [1.29, 1.82) is 0 Å². The zero-order chi connectivity index (χ0) is 14.9. The molecule has 1 N–H and O–H groups in total. The van der Waals surface area contributed by atoms with E-state index in [2.05, 4.69) is 5.10 Å². The van der Waals surface area contributed by atoms with E-state index in [0.717, 1.165) is 0 Å². The van der Waals surface area contributed by atoms with E-state index < -0.39 is 12.1 Å². The molecule has 1 aromatic rings. The van der Waals surface area contributed by atoms with Crippen LogP contribution in [0.5, 0.6) is 0 Å². The number of nitrogens with zero attached hydrogens (tertiary/aromatic N) is 3. The van der Waals surface area contributed by atoms with Gasteiger partial charge in [-0.15, -0.1) is 0 Å². The number of carbonyl (C=O) groups excluding carboxylic acids is 1. The van der Waals surface area contributed by atoms with Crippen LogP contribution in [-0.4, -0.2) is 57.5 Å². The number of rotatable bonds is 2. The minimum atomic E-state index is -1.05. The Morgan fingerprint density at radius 2 is 2.15 bits per heavy atom. The van der Waals surface area contributed by atoms with Gasteiger partial charge in [-0.1, -0.05) is 0 Å². The predicted molar refractivity (Wildman–Crippen MR) is 70.5 cm³/mol. The van der Waals surface area contributed by atoms with Crippen LogP contribution in [0.2, 0.25) is 0 Å². The third-order valence-corrected chi connectivity index (χ3v) is 3.15. The summed E-state index contributed by atoms with van der Waals surface area (Å²) in [4.78, 5) is 24.7. The van der Waals surface area contributed by atoms with E-state index >= 15 is 0 Å². The van der Waals surface area contributed by atoms with Gasteiger partial charge in [0.1, 0.15) is 0 Å². The average Bonchev–Trinajstić information content (AvgIpc) is 2.87. The van der Waals surface area contributed by atoms with E-state index in [-0.39, 0.29) is 24.6 Å².